The predicted octanol–water partition coefficient (Wildman–Crippen LogP) is 4.34. The van der Waals surface area contributed by atoms with Crippen LogP contribution in [0, 0.1) is 0 Å². The quantitative estimate of drug-likeness (QED) is 0.168. The molecule has 22 heteroatoms. The van der Waals surface area contributed by atoms with Gasteiger partial charge in [0.1, 0.15) is 0 Å². The number of carbonyl (C=O) groups excluding carboxylic acids is 1. The lowest BCUT2D eigenvalue weighted by atomic mass is 10.4. The second-order valence-electron chi connectivity index (χ2n) is 11.0. The normalized spacial score (nSPS) is 47.4. The van der Waals surface area contributed by atoms with E-state index in [-0.39, 0.29) is 12.2 Å². The Morgan fingerprint density at radius 3 is 0.977 bits per heavy atom. The molecule has 43 heavy (non-hydrogen) atoms. The van der Waals surface area contributed by atoms with Gasteiger partial charge in [0.25, 0.3) is 0 Å². The van der Waals surface area contributed by atoms with Gasteiger partial charge in [-0.15, -0.1) is 0 Å². The van der Waals surface area contributed by atoms with E-state index in [2.05, 4.69) is 0 Å². The van der Waals surface area contributed by atoms with E-state index in [0.29, 0.717) is 48.7 Å². The zero-order chi connectivity index (χ0) is 31.4. The van der Waals surface area contributed by atoms with Crippen molar-refractivity contribution >= 4 is 76.4 Å². The standard InChI is InChI=1S/C21H46O14Si8/c1-10-18-23-21(22)20(9)19-43-33-40(15-6)27-37(12-3)24-36(11-2)25-38(13-4,29-40)31-42(17-8,35-43)32-39(14-5,26-36)30-41(16-7,28-37)34-43/h19H,10-18H2,1-9H3. The third kappa shape index (κ3) is 6.13. The average Bonchev–Trinajstić information content (AvgIpc) is 2.95. The summed E-state index contributed by atoms with van der Waals surface area (Å²) in [6.45, 7) is 17.4. The van der Waals surface area contributed by atoms with Gasteiger partial charge in [-0.1, -0.05) is 55.4 Å². The number of hydrogen-bond donors (Lipinski definition) is 0. The third-order valence-corrected chi connectivity index (χ3v) is 44.3. The van der Waals surface area contributed by atoms with E-state index < -0.39 is 76.4 Å². The summed E-state index contributed by atoms with van der Waals surface area (Å²) in [6.07, 6.45) is 0.680. The molecule has 8 bridgehead atoms. The summed E-state index contributed by atoms with van der Waals surface area (Å²) >= 11 is 0. The first-order chi connectivity index (χ1) is 20.3. The van der Waals surface area contributed by atoms with E-state index in [0.717, 1.165) is 0 Å². The molecule has 6 aliphatic rings. The zero-order valence-corrected chi connectivity index (χ0v) is 34.7. The monoisotopic (exact) mass is 746 g/mol. The first-order valence-corrected chi connectivity index (χ1v) is 30.9. The highest BCUT2D eigenvalue weighted by molar-refractivity contribution is 7.04. The molecule has 14 nitrogen and oxygen atoms in total. The summed E-state index contributed by atoms with van der Waals surface area (Å²) in [5, 5.41) is 0. The van der Waals surface area contributed by atoms with E-state index >= 15 is 0 Å². The Bertz CT molecular complexity index is 993. The molecule has 0 aliphatic carbocycles. The van der Waals surface area contributed by atoms with Crippen molar-refractivity contribution in [1.29, 1.82) is 0 Å². The summed E-state index contributed by atoms with van der Waals surface area (Å²) < 4.78 is 90.3. The van der Waals surface area contributed by atoms with Gasteiger partial charge in [-0.3, -0.25) is 0 Å². The molecule has 6 aliphatic heterocycles. The molecule has 0 atom stereocenters. The lowest BCUT2D eigenvalue weighted by Crippen LogP contribution is -2.88. The number of esters is 1. The zero-order valence-electron chi connectivity index (χ0n) is 26.7. The van der Waals surface area contributed by atoms with Crippen molar-refractivity contribution in [2.24, 2.45) is 0 Å². The number of ether oxygens (including phenoxy) is 1. The smallest absolute Gasteiger partial charge is 0.462 e. The lowest BCUT2D eigenvalue weighted by molar-refractivity contribution is -0.139. The molecule has 0 unspecified atom stereocenters. The lowest BCUT2D eigenvalue weighted by Gasteiger charge is -2.62. The molecule has 0 radical (unpaired) electrons. The van der Waals surface area contributed by atoms with Crippen LogP contribution < -0.4 is 0 Å². The second-order valence-corrected chi connectivity index (χ2v) is 36.9. The van der Waals surface area contributed by atoms with Gasteiger partial charge < -0.3 is 54.1 Å². The van der Waals surface area contributed by atoms with Gasteiger partial charge in [-0.2, -0.15) is 0 Å². The van der Waals surface area contributed by atoms with E-state index in [1.54, 1.807) is 12.6 Å². The Hall–Kier alpha value is 0.465. The van der Waals surface area contributed by atoms with Crippen molar-refractivity contribution in [3.63, 3.8) is 0 Å². The molecule has 0 spiro atoms. The Kier molecular flexibility index (Phi) is 9.84. The topological polar surface area (TPSA) is 137 Å². The molecule has 0 amide bonds. The number of hydrogen-bond acceptors (Lipinski definition) is 14. The first-order valence-electron chi connectivity index (χ1n) is 15.6. The molecule has 6 fully saturated rings. The van der Waals surface area contributed by atoms with Crippen molar-refractivity contribution in [1.82, 2.24) is 0 Å². The van der Waals surface area contributed by atoms with Gasteiger partial charge in [0.05, 0.1) is 6.61 Å². The van der Waals surface area contributed by atoms with Crippen LogP contribution in [0.1, 0.15) is 68.7 Å². The molecule has 0 N–H and O–H groups in total. The fourth-order valence-electron chi connectivity index (χ4n) is 5.52. The summed E-state index contributed by atoms with van der Waals surface area (Å²) in [5.74, 6) is -0.509. The average molecular weight is 747 g/mol. The van der Waals surface area contributed by atoms with Crippen LogP contribution in [-0.2, 0) is 58.9 Å². The van der Waals surface area contributed by atoms with Gasteiger partial charge in [-0.25, -0.2) is 4.79 Å². The fraction of sp³-hybridized carbons (Fsp3) is 0.857. The minimum atomic E-state index is -4.18. The maximum Gasteiger partial charge on any atom is 0.508 e. The number of carbonyl (C=O) groups is 1. The van der Waals surface area contributed by atoms with Crippen LogP contribution in [0.5, 0.6) is 0 Å². The molecule has 0 saturated carbocycles. The highest BCUT2D eigenvalue weighted by Crippen LogP contribution is 2.52. The molecule has 6 saturated heterocycles. The van der Waals surface area contributed by atoms with E-state index in [9.17, 15) is 4.79 Å². The van der Waals surface area contributed by atoms with Crippen molar-refractivity contribution in [2.75, 3.05) is 6.61 Å². The van der Waals surface area contributed by atoms with Crippen LogP contribution >= 0.6 is 0 Å². The van der Waals surface area contributed by atoms with Gasteiger partial charge in [0, 0.05) is 47.9 Å². The van der Waals surface area contributed by atoms with Crippen molar-refractivity contribution in [3.05, 3.63) is 11.3 Å². The summed E-state index contributed by atoms with van der Waals surface area (Å²) in [6, 6.07) is 2.50. The van der Waals surface area contributed by atoms with Crippen molar-refractivity contribution < 1.29 is 58.9 Å². The van der Waals surface area contributed by atoms with Crippen LogP contribution in [0.4, 0.5) is 0 Å². The largest absolute Gasteiger partial charge is 0.508 e. The van der Waals surface area contributed by atoms with Crippen LogP contribution in [-0.4, -0.2) is 83.0 Å². The first kappa shape index (κ1) is 34.8. The molecule has 6 heterocycles. The molecule has 0 aromatic rings. The summed E-state index contributed by atoms with van der Waals surface area (Å²) in [4.78, 5) is 13.1. The number of rotatable bonds is 11. The molecule has 6 rings (SSSR count). The molecule has 246 valence electrons. The maximum absolute atomic E-state index is 13.1. The summed E-state index contributed by atoms with van der Waals surface area (Å²) in [7, 11) is -30.4. The fourth-order valence-corrected chi connectivity index (χ4v) is 54.3. The van der Waals surface area contributed by atoms with Crippen LogP contribution in [0.25, 0.3) is 0 Å². The Labute approximate surface area is 263 Å². The Morgan fingerprint density at radius 1 is 0.488 bits per heavy atom. The van der Waals surface area contributed by atoms with Gasteiger partial charge in [0.15, 0.2) is 0 Å². The molecular formula is C21H46O14Si8. The Morgan fingerprint density at radius 2 is 0.744 bits per heavy atom. The Balaban J connectivity index is 1.84. The molecule has 0 aromatic carbocycles. The van der Waals surface area contributed by atoms with Crippen LogP contribution in [0.3, 0.4) is 0 Å². The predicted molar refractivity (Wildman–Crippen MR) is 167 cm³/mol. The highest BCUT2D eigenvalue weighted by Gasteiger charge is 2.81. The third-order valence-electron chi connectivity index (χ3n) is 7.88. The van der Waals surface area contributed by atoms with Crippen molar-refractivity contribution in [2.45, 2.75) is 111 Å². The SMILES string of the molecule is CCCOC(=O)C(C)=C[Si]12O[Si]3(CC)O[Si]4(CC)O[Si](CC)(O1)O[Si]1(CC)O[Si](CC)(O2)O[Si](CC)(O3)O[Si](CC)(O4)O1. The molecule has 0 aromatic heterocycles. The van der Waals surface area contributed by atoms with Gasteiger partial charge in [-0.05, 0) is 19.0 Å². The minimum absolute atomic E-state index is 0.260. The highest BCUT2D eigenvalue weighted by atomic mass is 28.6. The van der Waals surface area contributed by atoms with Gasteiger partial charge in [0.2, 0.25) is 0 Å². The van der Waals surface area contributed by atoms with E-state index in [1.165, 1.54) is 0 Å². The second kappa shape index (κ2) is 12.2. The van der Waals surface area contributed by atoms with Crippen molar-refractivity contribution in [3.8, 4) is 0 Å². The van der Waals surface area contributed by atoms with Gasteiger partial charge >= 0.3 is 76.4 Å². The van der Waals surface area contributed by atoms with Crippen LogP contribution in [0.2, 0.25) is 42.3 Å². The summed E-state index contributed by atoms with van der Waals surface area (Å²) in [5.41, 5.74) is 1.85. The minimum Gasteiger partial charge on any atom is -0.462 e. The van der Waals surface area contributed by atoms with Crippen LogP contribution in [0.15, 0.2) is 11.3 Å². The maximum atomic E-state index is 13.1. The van der Waals surface area contributed by atoms with E-state index in [4.69, 9.17) is 54.1 Å². The molecular weight excluding hydrogens is 701 g/mol. The van der Waals surface area contributed by atoms with E-state index in [1.807, 2.05) is 55.4 Å².